The number of hydrogen-bond donors (Lipinski definition) is 1. The molecule has 0 fully saturated rings. The zero-order valence-corrected chi connectivity index (χ0v) is 21.1. The number of halogens is 3. The van der Waals surface area contributed by atoms with Crippen LogP contribution in [-0.2, 0) is 6.61 Å². The van der Waals surface area contributed by atoms with Crippen molar-refractivity contribution >= 4 is 56.6 Å². The highest BCUT2D eigenvalue weighted by molar-refractivity contribution is 9.10. The number of allylic oxidation sites excluding steroid dienone is 1. The van der Waals surface area contributed by atoms with Gasteiger partial charge in [0.25, 0.3) is 0 Å². The molecule has 172 valence electrons. The zero-order valence-electron chi connectivity index (χ0n) is 18.0. The molecule has 0 aliphatic rings. The van der Waals surface area contributed by atoms with Crippen LogP contribution in [0.3, 0.4) is 0 Å². The first-order valence-corrected chi connectivity index (χ1v) is 11.8. The van der Waals surface area contributed by atoms with Gasteiger partial charge in [0.05, 0.1) is 11.3 Å². The van der Waals surface area contributed by atoms with Gasteiger partial charge in [-0.1, -0.05) is 63.4 Å². The fourth-order valence-electron chi connectivity index (χ4n) is 3.36. The fraction of sp³-hybridized carbons (Fsp3) is 0.0385. The van der Waals surface area contributed by atoms with Crippen LogP contribution in [0.4, 0.5) is 5.82 Å². The van der Waals surface area contributed by atoms with Crippen LogP contribution in [0.15, 0.2) is 71.2 Å². The van der Waals surface area contributed by atoms with E-state index in [4.69, 9.17) is 33.7 Å². The molecule has 1 heterocycles. The van der Waals surface area contributed by atoms with Gasteiger partial charge < -0.3 is 10.5 Å². The summed E-state index contributed by atoms with van der Waals surface area (Å²) < 4.78 is 8.25. The Bertz CT molecular complexity index is 1520. The van der Waals surface area contributed by atoms with Crippen molar-refractivity contribution in [3.63, 3.8) is 0 Å². The average Bonchev–Trinajstić information content (AvgIpc) is 3.19. The number of nitrogens with two attached hydrogens (primary N) is 1. The van der Waals surface area contributed by atoms with Crippen LogP contribution >= 0.6 is 39.1 Å². The lowest BCUT2D eigenvalue weighted by atomic mass is 10.1. The number of benzene rings is 3. The van der Waals surface area contributed by atoms with Crippen molar-refractivity contribution < 1.29 is 4.74 Å². The second-order valence-electron chi connectivity index (χ2n) is 7.34. The molecule has 0 amide bonds. The van der Waals surface area contributed by atoms with Crippen molar-refractivity contribution in [2.45, 2.75) is 6.61 Å². The Hall–Kier alpha value is -3.75. The molecular weight excluding hydrogens is 549 g/mol. The molecule has 0 aliphatic heterocycles. The lowest BCUT2D eigenvalue weighted by Gasteiger charge is -2.11. The molecule has 0 atom stereocenters. The monoisotopic (exact) mass is 563 g/mol. The van der Waals surface area contributed by atoms with Crippen LogP contribution in [0.25, 0.3) is 17.3 Å². The Kier molecular flexibility index (Phi) is 7.43. The van der Waals surface area contributed by atoms with Gasteiger partial charge in [0, 0.05) is 25.6 Å². The summed E-state index contributed by atoms with van der Waals surface area (Å²) in [6.45, 7) is 0.194. The molecule has 2 N–H and O–H groups in total. The Labute approximate surface area is 220 Å². The Morgan fingerprint density at radius 1 is 1.09 bits per heavy atom. The molecule has 6 nitrogen and oxygen atoms in total. The minimum absolute atomic E-state index is 0.118. The SMILES string of the molecule is N#C/C(=C\c1cc(Br)ccc1OCc1ccc(Cl)cc1Cl)c1nn(-c2ccccc2)c(N)c1C#N. The summed E-state index contributed by atoms with van der Waals surface area (Å²) in [5.74, 6) is 0.666. The summed E-state index contributed by atoms with van der Waals surface area (Å²) in [5, 5.41) is 25.2. The molecule has 3 aromatic carbocycles. The highest BCUT2D eigenvalue weighted by Gasteiger charge is 2.20. The van der Waals surface area contributed by atoms with Crippen molar-refractivity contribution in [3.8, 4) is 23.6 Å². The van der Waals surface area contributed by atoms with Crippen molar-refractivity contribution in [2.75, 3.05) is 5.73 Å². The van der Waals surface area contributed by atoms with Crippen LogP contribution in [-0.4, -0.2) is 9.78 Å². The highest BCUT2D eigenvalue weighted by Crippen LogP contribution is 2.32. The molecule has 9 heteroatoms. The Balaban J connectivity index is 1.74. The van der Waals surface area contributed by atoms with E-state index >= 15 is 0 Å². The lowest BCUT2D eigenvalue weighted by Crippen LogP contribution is -2.02. The quantitative estimate of drug-likeness (QED) is 0.253. The molecule has 0 spiro atoms. The zero-order chi connectivity index (χ0) is 24.9. The van der Waals surface area contributed by atoms with Gasteiger partial charge in [-0.25, -0.2) is 4.68 Å². The standard InChI is InChI=1S/C26H16BrCl2N5O/c27-19-7-9-24(35-15-16-6-8-20(28)12-23(16)29)17(11-19)10-18(13-30)25-22(14-31)26(32)34(33-25)21-4-2-1-3-5-21/h1-12H,15,32H2/b18-10+. The van der Waals surface area contributed by atoms with Crippen molar-refractivity contribution in [2.24, 2.45) is 0 Å². The first-order valence-electron chi connectivity index (χ1n) is 10.2. The van der Waals surface area contributed by atoms with Gasteiger partial charge in [0.2, 0.25) is 0 Å². The Morgan fingerprint density at radius 2 is 1.86 bits per heavy atom. The van der Waals surface area contributed by atoms with Gasteiger partial charge in [-0.15, -0.1) is 0 Å². The molecule has 35 heavy (non-hydrogen) atoms. The topological polar surface area (TPSA) is 101 Å². The number of nitrogens with zero attached hydrogens (tertiary/aromatic N) is 4. The molecule has 0 saturated heterocycles. The number of anilines is 1. The molecule has 4 aromatic rings. The van der Waals surface area contributed by atoms with E-state index in [2.05, 4.69) is 33.2 Å². The first kappa shape index (κ1) is 24.4. The summed E-state index contributed by atoms with van der Waals surface area (Å²) >= 11 is 15.7. The fourth-order valence-corrected chi connectivity index (χ4v) is 4.20. The van der Waals surface area contributed by atoms with E-state index in [1.807, 2.05) is 36.4 Å². The van der Waals surface area contributed by atoms with Crippen molar-refractivity contribution in [3.05, 3.63) is 104 Å². The van der Waals surface area contributed by atoms with E-state index in [1.165, 1.54) is 4.68 Å². The largest absolute Gasteiger partial charge is 0.488 e. The van der Waals surface area contributed by atoms with Gasteiger partial charge >= 0.3 is 0 Å². The number of nitriles is 2. The lowest BCUT2D eigenvalue weighted by molar-refractivity contribution is 0.305. The molecule has 0 saturated carbocycles. The van der Waals surface area contributed by atoms with Crippen LogP contribution in [0, 0.1) is 22.7 Å². The van der Waals surface area contributed by atoms with E-state index in [0.717, 1.165) is 10.0 Å². The first-order chi connectivity index (χ1) is 16.9. The predicted molar refractivity (Wildman–Crippen MR) is 141 cm³/mol. The van der Waals surface area contributed by atoms with Gasteiger partial charge in [-0.05, 0) is 48.5 Å². The number of rotatable bonds is 6. The second kappa shape index (κ2) is 10.7. The predicted octanol–water partition coefficient (Wildman–Crippen LogP) is 7.04. The minimum atomic E-state index is 0.118. The number of aromatic nitrogens is 2. The molecule has 0 radical (unpaired) electrons. The van der Waals surface area contributed by atoms with E-state index in [9.17, 15) is 10.5 Å². The highest BCUT2D eigenvalue weighted by atomic mass is 79.9. The van der Waals surface area contributed by atoms with Gasteiger partial charge in [-0.2, -0.15) is 15.6 Å². The van der Waals surface area contributed by atoms with Crippen LogP contribution in [0.5, 0.6) is 5.75 Å². The average molecular weight is 565 g/mol. The molecule has 0 aliphatic carbocycles. The van der Waals surface area contributed by atoms with Crippen LogP contribution in [0.2, 0.25) is 10.0 Å². The molecular formula is C26H16BrCl2N5O. The van der Waals surface area contributed by atoms with Gasteiger partial charge in [0.15, 0.2) is 0 Å². The summed E-state index contributed by atoms with van der Waals surface area (Å²) in [5.41, 5.74) is 8.72. The minimum Gasteiger partial charge on any atom is -0.488 e. The summed E-state index contributed by atoms with van der Waals surface area (Å²) in [4.78, 5) is 0. The summed E-state index contributed by atoms with van der Waals surface area (Å²) in [6.07, 6.45) is 1.61. The maximum Gasteiger partial charge on any atom is 0.145 e. The molecule has 0 bridgehead atoms. The van der Waals surface area contributed by atoms with Crippen LogP contribution in [0.1, 0.15) is 22.4 Å². The Morgan fingerprint density at radius 3 is 2.54 bits per heavy atom. The van der Waals surface area contributed by atoms with E-state index in [0.29, 0.717) is 27.0 Å². The third-order valence-corrected chi connectivity index (χ3v) is 6.16. The second-order valence-corrected chi connectivity index (χ2v) is 9.10. The number of nitrogen functional groups attached to an aromatic ring is 1. The molecule has 4 rings (SSSR count). The molecule has 1 aromatic heterocycles. The van der Waals surface area contributed by atoms with Crippen molar-refractivity contribution in [1.82, 2.24) is 9.78 Å². The number of ether oxygens (including phenoxy) is 1. The third-order valence-electron chi connectivity index (χ3n) is 5.08. The van der Waals surface area contributed by atoms with E-state index in [-0.39, 0.29) is 29.3 Å². The summed E-state index contributed by atoms with van der Waals surface area (Å²) in [6, 6.07) is 23.9. The van der Waals surface area contributed by atoms with Crippen molar-refractivity contribution in [1.29, 1.82) is 10.5 Å². The van der Waals surface area contributed by atoms with Gasteiger partial charge in [-0.3, -0.25) is 0 Å². The van der Waals surface area contributed by atoms with Gasteiger partial charge in [0.1, 0.15) is 41.6 Å². The number of hydrogen-bond acceptors (Lipinski definition) is 5. The maximum atomic E-state index is 9.96. The van der Waals surface area contributed by atoms with E-state index < -0.39 is 0 Å². The number of para-hydroxylation sites is 1. The van der Waals surface area contributed by atoms with Crippen LogP contribution < -0.4 is 10.5 Å². The molecule has 0 unspecified atom stereocenters. The smallest absolute Gasteiger partial charge is 0.145 e. The normalized spacial score (nSPS) is 11.1. The van der Waals surface area contributed by atoms with E-state index in [1.54, 1.807) is 36.4 Å². The maximum absolute atomic E-state index is 9.96. The summed E-state index contributed by atoms with van der Waals surface area (Å²) in [7, 11) is 0. The third kappa shape index (κ3) is 5.34.